The lowest BCUT2D eigenvalue weighted by molar-refractivity contribution is 0.0665. The lowest BCUT2D eigenvalue weighted by Gasteiger charge is -2.22. The zero-order valence-corrected chi connectivity index (χ0v) is 9.41. The van der Waals surface area contributed by atoms with Crippen LogP contribution in [0.4, 0.5) is 0 Å². The number of aliphatic hydroxyl groups excluding tert-OH is 1. The van der Waals surface area contributed by atoms with Gasteiger partial charge in [-0.05, 0) is 39.7 Å². The average molecular weight is 201 g/mol. The minimum atomic E-state index is 0.311. The summed E-state index contributed by atoms with van der Waals surface area (Å²) in [5.41, 5.74) is 0. The quantitative estimate of drug-likeness (QED) is 0.657. The fourth-order valence-corrected chi connectivity index (χ4v) is 1.98. The largest absolute Gasteiger partial charge is 0.395 e. The topological polar surface area (TPSA) is 32.7 Å². The van der Waals surface area contributed by atoms with Crippen LogP contribution in [0.2, 0.25) is 0 Å². The summed E-state index contributed by atoms with van der Waals surface area (Å²) in [5.74, 6) is 0. The Morgan fingerprint density at radius 2 is 2.29 bits per heavy atom. The normalized spacial score (nSPS) is 23.6. The lowest BCUT2D eigenvalue weighted by atomic mass is 10.2. The second-order valence-corrected chi connectivity index (χ2v) is 4.29. The molecule has 1 rings (SSSR count). The van der Waals surface area contributed by atoms with E-state index in [1.165, 1.54) is 6.42 Å². The summed E-state index contributed by atoms with van der Waals surface area (Å²) in [6.07, 6.45) is 3.80. The fourth-order valence-electron chi connectivity index (χ4n) is 1.98. The van der Waals surface area contributed by atoms with Gasteiger partial charge >= 0.3 is 0 Å². The highest BCUT2D eigenvalue weighted by Gasteiger charge is 2.22. The Labute approximate surface area is 87.1 Å². The maximum Gasteiger partial charge on any atom is 0.0586 e. The first-order valence-electron chi connectivity index (χ1n) is 5.70. The number of hydrogen-bond acceptors (Lipinski definition) is 3. The predicted octanol–water partition coefficient (Wildman–Crippen LogP) is 1.26. The summed E-state index contributed by atoms with van der Waals surface area (Å²) in [5, 5.41) is 9.11. The molecule has 0 aliphatic carbocycles. The third-order valence-electron chi connectivity index (χ3n) is 2.75. The van der Waals surface area contributed by atoms with Crippen LogP contribution in [0.1, 0.15) is 33.1 Å². The van der Waals surface area contributed by atoms with Crippen molar-refractivity contribution in [2.75, 3.05) is 26.3 Å². The lowest BCUT2D eigenvalue weighted by Crippen LogP contribution is -2.33. The van der Waals surface area contributed by atoms with E-state index in [0.29, 0.717) is 18.8 Å². The number of hydrogen-bond donors (Lipinski definition) is 1. The first-order valence-corrected chi connectivity index (χ1v) is 5.70. The maximum atomic E-state index is 9.11. The molecule has 0 aromatic carbocycles. The van der Waals surface area contributed by atoms with Crippen LogP contribution in [0.15, 0.2) is 0 Å². The molecule has 0 unspecified atom stereocenters. The summed E-state index contributed by atoms with van der Waals surface area (Å²) in [6, 6.07) is 0.411. The van der Waals surface area contributed by atoms with E-state index in [0.717, 1.165) is 32.5 Å². The van der Waals surface area contributed by atoms with Crippen molar-refractivity contribution in [2.24, 2.45) is 0 Å². The van der Waals surface area contributed by atoms with Gasteiger partial charge in [-0.2, -0.15) is 0 Å². The zero-order chi connectivity index (χ0) is 10.4. The first-order chi connectivity index (χ1) is 6.74. The van der Waals surface area contributed by atoms with Crippen molar-refractivity contribution >= 4 is 0 Å². The number of likely N-dealkylation sites (tertiary alicyclic amines) is 1. The van der Waals surface area contributed by atoms with Gasteiger partial charge in [0.1, 0.15) is 0 Å². The first kappa shape index (κ1) is 12.0. The molecule has 3 heteroatoms. The molecule has 1 fully saturated rings. The van der Waals surface area contributed by atoms with Gasteiger partial charge in [-0.25, -0.2) is 0 Å². The Kier molecular flexibility index (Phi) is 5.45. The van der Waals surface area contributed by atoms with Crippen molar-refractivity contribution in [2.45, 2.75) is 45.3 Å². The molecule has 0 aromatic heterocycles. The molecule has 1 aliphatic heterocycles. The van der Waals surface area contributed by atoms with Gasteiger partial charge in [0.05, 0.1) is 12.7 Å². The summed E-state index contributed by atoms with van der Waals surface area (Å²) in [7, 11) is 0. The van der Waals surface area contributed by atoms with Crippen LogP contribution >= 0.6 is 0 Å². The van der Waals surface area contributed by atoms with Gasteiger partial charge in [-0.3, -0.25) is 4.90 Å². The summed E-state index contributed by atoms with van der Waals surface area (Å²) < 4.78 is 5.48. The molecule has 14 heavy (non-hydrogen) atoms. The Bertz CT molecular complexity index is 150. The highest BCUT2D eigenvalue weighted by Crippen LogP contribution is 2.16. The molecular formula is C11H23NO2. The zero-order valence-electron chi connectivity index (χ0n) is 9.41. The van der Waals surface area contributed by atoms with Crippen LogP contribution in [0.5, 0.6) is 0 Å². The molecule has 0 amide bonds. The maximum absolute atomic E-state index is 9.11. The van der Waals surface area contributed by atoms with Gasteiger partial charge in [-0.1, -0.05) is 0 Å². The van der Waals surface area contributed by atoms with E-state index in [-0.39, 0.29) is 0 Å². The molecule has 0 radical (unpaired) electrons. The molecule has 0 aromatic rings. The van der Waals surface area contributed by atoms with E-state index in [4.69, 9.17) is 9.84 Å². The SMILES string of the molecule is CC(C)OCCCN1CCC[C@@H]1CO. The third-order valence-corrected chi connectivity index (χ3v) is 2.75. The van der Waals surface area contributed by atoms with Crippen LogP contribution in [0, 0.1) is 0 Å². The summed E-state index contributed by atoms with van der Waals surface area (Å²) >= 11 is 0. The summed E-state index contributed by atoms with van der Waals surface area (Å²) in [6.45, 7) is 7.49. The molecule has 0 saturated carbocycles. The average Bonchev–Trinajstić information content (AvgIpc) is 2.59. The molecule has 84 valence electrons. The molecular weight excluding hydrogens is 178 g/mol. The van der Waals surface area contributed by atoms with Crippen LogP contribution in [0.25, 0.3) is 0 Å². The molecule has 3 nitrogen and oxygen atoms in total. The van der Waals surface area contributed by atoms with E-state index < -0.39 is 0 Å². The molecule has 1 aliphatic rings. The Morgan fingerprint density at radius 1 is 1.50 bits per heavy atom. The monoisotopic (exact) mass is 201 g/mol. The van der Waals surface area contributed by atoms with E-state index in [1.807, 2.05) is 0 Å². The Hall–Kier alpha value is -0.120. The molecule has 1 saturated heterocycles. The number of aliphatic hydroxyl groups is 1. The smallest absolute Gasteiger partial charge is 0.0586 e. The van der Waals surface area contributed by atoms with Crippen molar-refractivity contribution in [3.8, 4) is 0 Å². The minimum absolute atomic E-state index is 0.311. The van der Waals surface area contributed by atoms with Gasteiger partial charge in [-0.15, -0.1) is 0 Å². The number of rotatable bonds is 6. The van der Waals surface area contributed by atoms with Gasteiger partial charge in [0.25, 0.3) is 0 Å². The van der Waals surface area contributed by atoms with E-state index in [2.05, 4.69) is 18.7 Å². The molecule has 0 bridgehead atoms. The van der Waals surface area contributed by atoms with Gasteiger partial charge in [0.15, 0.2) is 0 Å². The summed E-state index contributed by atoms with van der Waals surface area (Å²) in [4.78, 5) is 2.38. The molecule has 0 spiro atoms. The molecule has 1 N–H and O–H groups in total. The predicted molar refractivity (Wildman–Crippen MR) is 57.4 cm³/mol. The van der Waals surface area contributed by atoms with Crippen molar-refractivity contribution in [3.63, 3.8) is 0 Å². The van der Waals surface area contributed by atoms with E-state index >= 15 is 0 Å². The molecule has 1 atom stereocenters. The van der Waals surface area contributed by atoms with Gasteiger partial charge < -0.3 is 9.84 Å². The fraction of sp³-hybridized carbons (Fsp3) is 1.00. The Balaban J connectivity index is 2.05. The van der Waals surface area contributed by atoms with Crippen LogP contribution in [-0.4, -0.2) is 48.5 Å². The number of ether oxygens (including phenoxy) is 1. The van der Waals surface area contributed by atoms with E-state index in [9.17, 15) is 0 Å². The van der Waals surface area contributed by atoms with Crippen molar-refractivity contribution in [1.29, 1.82) is 0 Å². The second kappa shape index (κ2) is 6.38. The van der Waals surface area contributed by atoms with Crippen molar-refractivity contribution < 1.29 is 9.84 Å². The highest BCUT2D eigenvalue weighted by atomic mass is 16.5. The van der Waals surface area contributed by atoms with Crippen LogP contribution in [0.3, 0.4) is 0 Å². The minimum Gasteiger partial charge on any atom is -0.395 e. The Morgan fingerprint density at radius 3 is 2.93 bits per heavy atom. The third kappa shape index (κ3) is 3.95. The second-order valence-electron chi connectivity index (χ2n) is 4.29. The van der Waals surface area contributed by atoms with E-state index in [1.54, 1.807) is 0 Å². The molecule has 1 heterocycles. The highest BCUT2D eigenvalue weighted by molar-refractivity contribution is 4.77. The van der Waals surface area contributed by atoms with Gasteiger partial charge in [0.2, 0.25) is 0 Å². The number of nitrogens with zero attached hydrogens (tertiary/aromatic N) is 1. The van der Waals surface area contributed by atoms with Crippen molar-refractivity contribution in [1.82, 2.24) is 4.90 Å². The van der Waals surface area contributed by atoms with Crippen molar-refractivity contribution in [3.05, 3.63) is 0 Å². The van der Waals surface area contributed by atoms with Crippen LogP contribution in [-0.2, 0) is 4.74 Å². The van der Waals surface area contributed by atoms with Gasteiger partial charge in [0, 0.05) is 19.2 Å². The van der Waals surface area contributed by atoms with Crippen LogP contribution < -0.4 is 0 Å². The standard InChI is InChI=1S/C11H23NO2/c1-10(2)14-8-4-7-12-6-3-5-11(12)9-13/h10-11,13H,3-9H2,1-2H3/t11-/m1/s1.